The van der Waals surface area contributed by atoms with Crippen molar-refractivity contribution in [3.8, 4) is 0 Å². The summed E-state index contributed by atoms with van der Waals surface area (Å²) < 4.78 is 0. The maximum atomic E-state index is 11.8. The lowest BCUT2D eigenvalue weighted by molar-refractivity contribution is 0.233. The minimum Gasteiger partial charge on any atom is -0.338 e. The van der Waals surface area contributed by atoms with E-state index in [2.05, 4.69) is 38.3 Å². The fourth-order valence-corrected chi connectivity index (χ4v) is 1.45. The number of amides is 2. The van der Waals surface area contributed by atoms with Crippen molar-refractivity contribution < 1.29 is 4.79 Å². The fourth-order valence-electron chi connectivity index (χ4n) is 1.45. The predicted molar refractivity (Wildman–Crippen MR) is 80.0 cm³/mol. The Morgan fingerprint density at radius 3 is 2.32 bits per heavy atom. The van der Waals surface area contributed by atoms with Crippen molar-refractivity contribution in [2.24, 2.45) is 17.1 Å². The van der Waals surface area contributed by atoms with Gasteiger partial charge in [0, 0.05) is 18.8 Å². The molecule has 0 radical (unpaired) electrons. The molecule has 0 fully saturated rings. The SMILES string of the molecule is CC(CNC(=O)Nc1ccc(CN)cc1)C(C)(C)C. The molecule has 0 bridgehead atoms. The number of benzene rings is 1. The first-order valence-corrected chi connectivity index (χ1v) is 6.67. The molecule has 0 aromatic heterocycles. The Morgan fingerprint density at radius 2 is 1.84 bits per heavy atom. The summed E-state index contributed by atoms with van der Waals surface area (Å²) in [5.41, 5.74) is 7.54. The first-order chi connectivity index (χ1) is 8.82. The number of anilines is 1. The van der Waals surface area contributed by atoms with Gasteiger partial charge in [0.1, 0.15) is 0 Å². The van der Waals surface area contributed by atoms with Crippen molar-refractivity contribution in [1.82, 2.24) is 5.32 Å². The van der Waals surface area contributed by atoms with E-state index in [9.17, 15) is 4.79 Å². The van der Waals surface area contributed by atoms with Crippen LogP contribution >= 0.6 is 0 Å². The minimum absolute atomic E-state index is 0.170. The molecule has 0 saturated carbocycles. The maximum absolute atomic E-state index is 11.8. The second-order valence-electron chi connectivity index (χ2n) is 6.00. The van der Waals surface area contributed by atoms with E-state index in [0.717, 1.165) is 11.3 Å². The second kappa shape index (κ2) is 6.57. The monoisotopic (exact) mass is 263 g/mol. The molecule has 19 heavy (non-hydrogen) atoms. The Kier molecular flexibility index (Phi) is 5.36. The molecule has 0 aliphatic heterocycles. The average Bonchev–Trinajstić information content (AvgIpc) is 2.35. The summed E-state index contributed by atoms with van der Waals surface area (Å²) in [6, 6.07) is 7.36. The largest absolute Gasteiger partial charge is 0.338 e. The van der Waals surface area contributed by atoms with E-state index in [1.807, 2.05) is 24.3 Å². The summed E-state index contributed by atoms with van der Waals surface area (Å²) in [7, 11) is 0. The van der Waals surface area contributed by atoms with Crippen molar-refractivity contribution >= 4 is 11.7 Å². The van der Waals surface area contributed by atoms with Gasteiger partial charge in [0.2, 0.25) is 0 Å². The van der Waals surface area contributed by atoms with Gasteiger partial charge in [-0.1, -0.05) is 39.8 Å². The fraction of sp³-hybridized carbons (Fsp3) is 0.533. The number of carbonyl (C=O) groups excluding carboxylic acids is 1. The van der Waals surface area contributed by atoms with Crippen molar-refractivity contribution in [2.45, 2.75) is 34.2 Å². The average molecular weight is 263 g/mol. The van der Waals surface area contributed by atoms with Crippen LogP contribution in [0.15, 0.2) is 24.3 Å². The van der Waals surface area contributed by atoms with Crippen LogP contribution < -0.4 is 16.4 Å². The highest BCUT2D eigenvalue weighted by Gasteiger charge is 2.20. The van der Waals surface area contributed by atoms with Crippen LogP contribution in [0.4, 0.5) is 10.5 Å². The molecule has 1 rings (SSSR count). The van der Waals surface area contributed by atoms with Gasteiger partial charge < -0.3 is 16.4 Å². The van der Waals surface area contributed by atoms with E-state index in [1.165, 1.54) is 0 Å². The number of hydrogen-bond donors (Lipinski definition) is 3. The molecule has 4 N–H and O–H groups in total. The zero-order valence-electron chi connectivity index (χ0n) is 12.3. The molecule has 0 aliphatic rings. The van der Waals surface area contributed by atoms with Crippen molar-refractivity contribution in [2.75, 3.05) is 11.9 Å². The Labute approximate surface area is 115 Å². The van der Waals surface area contributed by atoms with Crippen molar-refractivity contribution in [3.05, 3.63) is 29.8 Å². The molecule has 1 unspecified atom stereocenters. The van der Waals surface area contributed by atoms with Crippen LogP contribution in [0.3, 0.4) is 0 Å². The van der Waals surface area contributed by atoms with Crippen LogP contribution in [-0.4, -0.2) is 12.6 Å². The van der Waals surface area contributed by atoms with E-state index >= 15 is 0 Å². The van der Waals surface area contributed by atoms with E-state index in [1.54, 1.807) is 0 Å². The third-order valence-electron chi connectivity index (χ3n) is 3.49. The molecule has 1 aromatic carbocycles. The normalized spacial score (nSPS) is 12.9. The maximum Gasteiger partial charge on any atom is 0.319 e. The minimum atomic E-state index is -0.170. The molecule has 106 valence electrons. The van der Waals surface area contributed by atoms with Gasteiger partial charge in [0.15, 0.2) is 0 Å². The van der Waals surface area contributed by atoms with Gasteiger partial charge in [0.05, 0.1) is 0 Å². The van der Waals surface area contributed by atoms with E-state index in [4.69, 9.17) is 5.73 Å². The summed E-state index contributed by atoms with van der Waals surface area (Å²) in [4.78, 5) is 11.8. The van der Waals surface area contributed by atoms with Gasteiger partial charge in [-0.3, -0.25) is 0 Å². The van der Waals surface area contributed by atoms with E-state index in [0.29, 0.717) is 19.0 Å². The van der Waals surface area contributed by atoms with Crippen molar-refractivity contribution in [1.29, 1.82) is 0 Å². The summed E-state index contributed by atoms with van der Waals surface area (Å²) in [6.45, 7) is 9.82. The topological polar surface area (TPSA) is 67.2 Å². The smallest absolute Gasteiger partial charge is 0.319 e. The molecular formula is C15H25N3O. The molecule has 0 heterocycles. The third kappa shape index (κ3) is 5.30. The standard InChI is InChI=1S/C15H25N3O/c1-11(15(2,3)4)10-17-14(19)18-13-7-5-12(9-16)6-8-13/h5-8,11H,9-10,16H2,1-4H3,(H2,17,18,19). The molecule has 0 aliphatic carbocycles. The Morgan fingerprint density at radius 1 is 1.26 bits per heavy atom. The number of nitrogens with two attached hydrogens (primary N) is 1. The molecule has 2 amide bonds. The lowest BCUT2D eigenvalue weighted by Gasteiger charge is -2.27. The quantitative estimate of drug-likeness (QED) is 0.782. The predicted octanol–water partition coefficient (Wildman–Crippen LogP) is 2.95. The zero-order chi connectivity index (χ0) is 14.5. The molecule has 4 nitrogen and oxygen atoms in total. The van der Waals surface area contributed by atoms with Crippen LogP contribution in [0.25, 0.3) is 0 Å². The number of nitrogens with one attached hydrogen (secondary N) is 2. The molecule has 0 spiro atoms. The second-order valence-corrected chi connectivity index (χ2v) is 6.00. The molecule has 1 aromatic rings. The number of carbonyl (C=O) groups is 1. The van der Waals surface area contributed by atoms with Gasteiger partial charge in [-0.2, -0.15) is 0 Å². The molecular weight excluding hydrogens is 238 g/mol. The van der Waals surface area contributed by atoms with Crippen molar-refractivity contribution in [3.63, 3.8) is 0 Å². The number of urea groups is 1. The molecule has 1 atom stereocenters. The van der Waals surface area contributed by atoms with Crippen LogP contribution in [-0.2, 0) is 6.54 Å². The lowest BCUT2D eigenvalue weighted by Crippen LogP contribution is -2.36. The third-order valence-corrected chi connectivity index (χ3v) is 3.49. The molecule has 4 heteroatoms. The van der Waals surface area contributed by atoms with Crippen LogP contribution in [0.5, 0.6) is 0 Å². The Hall–Kier alpha value is -1.55. The van der Waals surface area contributed by atoms with E-state index in [-0.39, 0.29) is 11.4 Å². The Balaban J connectivity index is 2.42. The van der Waals surface area contributed by atoms with E-state index < -0.39 is 0 Å². The molecule has 0 saturated heterocycles. The Bertz CT molecular complexity index is 406. The highest BCUT2D eigenvalue weighted by molar-refractivity contribution is 5.89. The van der Waals surface area contributed by atoms with Crippen LogP contribution in [0, 0.1) is 11.3 Å². The zero-order valence-corrected chi connectivity index (χ0v) is 12.3. The first-order valence-electron chi connectivity index (χ1n) is 6.67. The highest BCUT2D eigenvalue weighted by atomic mass is 16.2. The van der Waals surface area contributed by atoms with Gasteiger partial charge in [-0.05, 0) is 29.0 Å². The van der Waals surface area contributed by atoms with Gasteiger partial charge in [-0.15, -0.1) is 0 Å². The first kappa shape index (κ1) is 15.5. The summed E-state index contributed by atoms with van der Waals surface area (Å²) >= 11 is 0. The lowest BCUT2D eigenvalue weighted by atomic mass is 9.82. The van der Waals surface area contributed by atoms with Gasteiger partial charge in [0.25, 0.3) is 0 Å². The van der Waals surface area contributed by atoms with Gasteiger partial charge in [-0.25, -0.2) is 4.79 Å². The van der Waals surface area contributed by atoms with Gasteiger partial charge >= 0.3 is 6.03 Å². The summed E-state index contributed by atoms with van der Waals surface area (Å²) in [5.74, 6) is 0.415. The highest BCUT2D eigenvalue weighted by Crippen LogP contribution is 2.24. The summed E-state index contributed by atoms with van der Waals surface area (Å²) in [6.07, 6.45) is 0. The summed E-state index contributed by atoms with van der Waals surface area (Å²) in [5, 5.41) is 5.70. The van der Waals surface area contributed by atoms with Crippen LogP contribution in [0.2, 0.25) is 0 Å². The number of hydrogen-bond acceptors (Lipinski definition) is 2. The van der Waals surface area contributed by atoms with Crippen LogP contribution in [0.1, 0.15) is 33.3 Å². The number of rotatable bonds is 4.